The molecule has 1 aromatic carbocycles. The number of para-hydroxylation sites is 1. The third-order valence-electron chi connectivity index (χ3n) is 3.29. The molecule has 0 radical (unpaired) electrons. The Morgan fingerprint density at radius 3 is 2.85 bits per heavy atom. The molecular weight excluding hydrogens is 270 g/mol. The molecule has 0 aliphatic rings. The molecule has 4 rings (SSSR count). The lowest BCUT2D eigenvalue weighted by Gasteiger charge is -1.97. The highest BCUT2D eigenvalue weighted by Crippen LogP contribution is 2.28. The molecule has 6 heteroatoms. The van der Waals surface area contributed by atoms with Crippen LogP contribution in [0.2, 0.25) is 0 Å². The van der Waals surface area contributed by atoms with Crippen molar-refractivity contribution in [1.29, 1.82) is 0 Å². The third kappa shape index (κ3) is 1.65. The highest BCUT2D eigenvalue weighted by Gasteiger charge is 2.16. The summed E-state index contributed by atoms with van der Waals surface area (Å²) in [4.78, 5) is 4.23. The van der Waals surface area contributed by atoms with Crippen LogP contribution in [0, 0.1) is 0 Å². The van der Waals surface area contributed by atoms with Crippen LogP contribution in [0.5, 0.6) is 0 Å². The number of aromatic nitrogens is 5. The number of rotatable bonds is 2. The van der Waals surface area contributed by atoms with Crippen LogP contribution >= 0.6 is 11.3 Å². The van der Waals surface area contributed by atoms with Crippen molar-refractivity contribution in [2.24, 2.45) is 0 Å². The second-order valence-electron chi connectivity index (χ2n) is 5.08. The topological polar surface area (TPSA) is 58.9 Å². The lowest BCUT2D eigenvalue weighted by Crippen LogP contribution is -1.97. The number of fused-ring (bicyclic) bond motifs is 2. The predicted octanol–water partition coefficient (Wildman–Crippen LogP) is 3.46. The van der Waals surface area contributed by atoms with Gasteiger partial charge in [-0.05, 0) is 12.1 Å². The standard InChI is InChI=1S/C14H13N5S/c1-8(2)12-16-17-14-19(12)18-13(20-14)11-7-9-5-3-4-6-10(9)15-11/h3-8,15H,1-2H3. The molecule has 0 saturated carbocycles. The second-order valence-corrected chi connectivity index (χ2v) is 6.04. The Morgan fingerprint density at radius 1 is 1.20 bits per heavy atom. The predicted molar refractivity (Wildman–Crippen MR) is 80.0 cm³/mol. The van der Waals surface area contributed by atoms with Gasteiger partial charge in [0.05, 0.1) is 5.69 Å². The van der Waals surface area contributed by atoms with Crippen LogP contribution < -0.4 is 0 Å². The van der Waals surface area contributed by atoms with E-state index in [4.69, 9.17) is 0 Å². The van der Waals surface area contributed by atoms with Crippen molar-refractivity contribution >= 4 is 27.2 Å². The van der Waals surface area contributed by atoms with E-state index in [0.717, 1.165) is 27.0 Å². The molecule has 0 spiro atoms. The zero-order valence-corrected chi connectivity index (χ0v) is 12.0. The Kier molecular flexibility index (Phi) is 2.40. The summed E-state index contributed by atoms with van der Waals surface area (Å²) in [7, 11) is 0. The maximum absolute atomic E-state index is 4.64. The van der Waals surface area contributed by atoms with Crippen LogP contribution in [0.15, 0.2) is 30.3 Å². The van der Waals surface area contributed by atoms with Gasteiger partial charge in [0.2, 0.25) is 4.96 Å². The van der Waals surface area contributed by atoms with Crippen molar-refractivity contribution in [3.05, 3.63) is 36.2 Å². The highest BCUT2D eigenvalue weighted by atomic mass is 32.1. The summed E-state index contributed by atoms with van der Waals surface area (Å²) in [6, 6.07) is 10.3. The molecule has 3 aromatic heterocycles. The SMILES string of the molecule is CC(C)c1nnc2sc(-c3cc4ccccc4[nH]3)nn12. The van der Waals surface area contributed by atoms with Gasteiger partial charge in [0.1, 0.15) is 0 Å². The van der Waals surface area contributed by atoms with E-state index in [9.17, 15) is 0 Å². The summed E-state index contributed by atoms with van der Waals surface area (Å²) >= 11 is 1.55. The van der Waals surface area contributed by atoms with E-state index in [2.05, 4.69) is 52.3 Å². The average molecular weight is 283 g/mol. The Labute approximate surface area is 119 Å². The van der Waals surface area contributed by atoms with Crippen LogP contribution in [0.3, 0.4) is 0 Å². The van der Waals surface area contributed by atoms with Crippen molar-refractivity contribution < 1.29 is 0 Å². The summed E-state index contributed by atoms with van der Waals surface area (Å²) in [5.74, 6) is 1.21. The van der Waals surface area contributed by atoms with Crippen LogP contribution in [-0.4, -0.2) is 24.8 Å². The molecule has 100 valence electrons. The number of nitrogens with zero attached hydrogens (tertiary/aromatic N) is 4. The molecule has 0 unspecified atom stereocenters. The highest BCUT2D eigenvalue weighted by molar-refractivity contribution is 7.19. The van der Waals surface area contributed by atoms with E-state index in [1.807, 2.05) is 16.6 Å². The monoisotopic (exact) mass is 283 g/mol. The quantitative estimate of drug-likeness (QED) is 0.613. The van der Waals surface area contributed by atoms with Gasteiger partial charge in [-0.15, -0.1) is 10.2 Å². The minimum Gasteiger partial charge on any atom is -0.353 e. The fourth-order valence-electron chi connectivity index (χ4n) is 2.29. The van der Waals surface area contributed by atoms with E-state index in [1.165, 1.54) is 5.39 Å². The van der Waals surface area contributed by atoms with Gasteiger partial charge in [-0.25, -0.2) is 0 Å². The van der Waals surface area contributed by atoms with E-state index >= 15 is 0 Å². The molecular formula is C14H13N5S. The first kappa shape index (κ1) is 11.6. The number of hydrogen-bond donors (Lipinski definition) is 1. The normalized spacial score (nSPS) is 11.9. The molecule has 0 fully saturated rings. The Morgan fingerprint density at radius 2 is 2.05 bits per heavy atom. The van der Waals surface area contributed by atoms with Crippen molar-refractivity contribution in [3.63, 3.8) is 0 Å². The van der Waals surface area contributed by atoms with Gasteiger partial charge in [0.15, 0.2) is 10.8 Å². The van der Waals surface area contributed by atoms with Crippen molar-refractivity contribution in [1.82, 2.24) is 24.8 Å². The van der Waals surface area contributed by atoms with Crippen molar-refractivity contribution in [2.45, 2.75) is 19.8 Å². The molecule has 1 N–H and O–H groups in total. The lowest BCUT2D eigenvalue weighted by atomic mass is 10.2. The number of hydrogen-bond acceptors (Lipinski definition) is 4. The van der Waals surface area contributed by atoms with Gasteiger partial charge in [0, 0.05) is 16.8 Å². The molecule has 0 saturated heterocycles. The Bertz CT molecular complexity index is 866. The zero-order chi connectivity index (χ0) is 13.7. The van der Waals surface area contributed by atoms with Crippen LogP contribution in [0.4, 0.5) is 0 Å². The fourth-order valence-corrected chi connectivity index (χ4v) is 3.11. The van der Waals surface area contributed by atoms with E-state index in [-0.39, 0.29) is 0 Å². The van der Waals surface area contributed by atoms with Gasteiger partial charge < -0.3 is 4.98 Å². The Hall–Kier alpha value is -2.21. The fraction of sp³-hybridized carbons (Fsp3) is 0.214. The molecule has 0 amide bonds. The van der Waals surface area contributed by atoms with Crippen LogP contribution in [0.25, 0.3) is 26.6 Å². The lowest BCUT2D eigenvalue weighted by molar-refractivity contribution is 0.726. The van der Waals surface area contributed by atoms with E-state index < -0.39 is 0 Å². The van der Waals surface area contributed by atoms with Gasteiger partial charge in [-0.2, -0.15) is 9.61 Å². The summed E-state index contributed by atoms with van der Waals surface area (Å²) in [6.45, 7) is 4.19. The van der Waals surface area contributed by atoms with Crippen molar-refractivity contribution in [3.8, 4) is 10.7 Å². The maximum Gasteiger partial charge on any atom is 0.235 e. The van der Waals surface area contributed by atoms with Gasteiger partial charge in [-0.1, -0.05) is 43.4 Å². The summed E-state index contributed by atoms with van der Waals surface area (Å²) in [6.07, 6.45) is 0. The first-order valence-electron chi connectivity index (χ1n) is 6.52. The minimum absolute atomic E-state index is 0.308. The maximum atomic E-state index is 4.64. The first-order valence-corrected chi connectivity index (χ1v) is 7.34. The molecule has 4 aromatic rings. The van der Waals surface area contributed by atoms with E-state index in [0.29, 0.717) is 5.92 Å². The molecule has 0 atom stereocenters. The van der Waals surface area contributed by atoms with Gasteiger partial charge in [0.25, 0.3) is 0 Å². The summed E-state index contributed by atoms with van der Waals surface area (Å²) < 4.78 is 1.84. The molecule has 3 heterocycles. The first-order chi connectivity index (χ1) is 9.72. The number of aromatic amines is 1. The molecule has 0 aliphatic heterocycles. The number of nitrogens with one attached hydrogen (secondary N) is 1. The average Bonchev–Trinajstić information content (AvgIpc) is 3.10. The van der Waals surface area contributed by atoms with Gasteiger partial charge in [-0.3, -0.25) is 0 Å². The minimum atomic E-state index is 0.308. The second kappa shape index (κ2) is 4.14. The van der Waals surface area contributed by atoms with E-state index in [1.54, 1.807) is 11.3 Å². The zero-order valence-electron chi connectivity index (χ0n) is 11.2. The van der Waals surface area contributed by atoms with Crippen LogP contribution in [0.1, 0.15) is 25.6 Å². The number of H-pyrrole nitrogens is 1. The summed E-state index contributed by atoms with van der Waals surface area (Å²) in [5, 5.41) is 15.1. The summed E-state index contributed by atoms with van der Waals surface area (Å²) in [5.41, 5.74) is 2.15. The third-order valence-corrected chi connectivity index (χ3v) is 4.22. The molecule has 5 nitrogen and oxygen atoms in total. The van der Waals surface area contributed by atoms with Crippen LogP contribution in [-0.2, 0) is 0 Å². The van der Waals surface area contributed by atoms with Crippen molar-refractivity contribution in [2.75, 3.05) is 0 Å². The number of benzene rings is 1. The molecule has 20 heavy (non-hydrogen) atoms. The van der Waals surface area contributed by atoms with Gasteiger partial charge >= 0.3 is 0 Å². The smallest absolute Gasteiger partial charge is 0.235 e. The largest absolute Gasteiger partial charge is 0.353 e. The Balaban J connectivity index is 1.89. The molecule has 0 bridgehead atoms. The molecule has 0 aliphatic carbocycles.